The zero-order chi connectivity index (χ0) is 13.0. The van der Waals surface area contributed by atoms with Gasteiger partial charge in [0.25, 0.3) is 0 Å². The molecule has 2 unspecified atom stereocenters. The van der Waals surface area contributed by atoms with E-state index in [1.54, 1.807) is 0 Å². The summed E-state index contributed by atoms with van der Waals surface area (Å²) in [5.41, 5.74) is 1.25. The fourth-order valence-corrected chi connectivity index (χ4v) is 2.63. The topological polar surface area (TPSA) is 32.7 Å². The lowest BCUT2D eigenvalue weighted by Gasteiger charge is -2.34. The molecule has 0 radical (unpaired) electrons. The molecular formula is C15H23NO2. The van der Waals surface area contributed by atoms with E-state index in [9.17, 15) is 5.11 Å². The van der Waals surface area contributed by atoms with Crippen LogP contribution in [-0.2, 0) is 6.42 Å². The largest absolute Gasteiger partial charge is 0.494 e. The lowest BCUT2D eigenvalue weighted by atomic mass is 9.89. The molecule has 1 heterocycles. The maximum absolute atomic E-state index is 10.1. The molecule has 2 rings (SSSR count). The second-order valence-electron chi connectivity index (χ2n) is 5.16. The van der Waals surface area contributed by atoms with Crippen molar-refractivity contribution < 1.29 is 9.84 Å². The van der Waals surface area contributed by atoms with Crippen molar-refractivity contribution in [2.75, 3.05) is 26.7 Å². The number of nitrogens with zero attached hydrogens (tertiary/aromatic N) is 1. The molecule has 100 valence electrons. The Balaban J connectivity index is 2.01. The van der Waals surface area contributed by atoms with Crippen LogP contribution < -0.4 is 4.74 Å². The lowest BCUT2D eigenvalue weighted by molar-refractivity contribution is 0.0366. The molecule has 0 amide bonds. The molecule has 0 saturated carbocycles. The molecular weight excluding hydrogens is 226 g/mol. The molecule has 1 aromatic rings. The highest BCUT2D eigenvalue weighted by Crippen LogP contribution is 2.22. The van der Waals surface area contributed by atoms with E-state index in [1.807, 2.05) is 19.1 Å². The fraction of sp³-hybridized carbons (Fsp3) is 0.600. The molecule has 2 atom stereocenters. The average Bonchev–Trinajstić information content (AvgIpc) is 2.35. The first-order chi connectivity index (χ1) is 8.69. The summed E-state index contributed by atoms with van der Waals surface area (Å²) < 4.78 is 5.51. The molecule has 1 aliphatic rings. The van der Waals surface area contributed by atoms with Crippen molar-refractivity contribution in [3.05, 3.63) is 29.8 Å². The first-order valence-electron chi connectivity index (χ1n) is 6.77. The van der Waals surface area contributed by atoms with E-state index in [2.05, 4.69) is 24.1 Å². The van der Waals surface area contributed by atoms with Gasteiger partial charge in [-0.3, -0.25) is 0 Å². The summed E-state index contributed by atoms with van der Waals surface area (Å²) in [4.78, 5) is 2.30. The van der Waals surface area contributed by atoms with Crippen molar-refractivity contribution >= 4 is 0 Å². The summed E-state index contributed by atoms with van der Waals surface area (Å²) in [5.74, 6) is 1.26. The average molecular weight is 249 g/mol. The standard InChI is InChI=1S/C15H23NO2/c1-3-18-14-6-4-5-12(10-14)9-13-11-16(2)8-7-15(13)17/h4-6,10,13,15,17H,3,7-9,11H2,1-2H3. The molecule has 1 saturated heterocycles. The predicted molar refractivity (Wildman–Crippen MR) is 72.9 cm³/mol. The van der Waals surface area contributed by atoms with Gasteiger partial charge in [0.15, 0.2) is 0 Å². The Morgan fingerprint density at radius 3 is 3.06 bits per heavy atom. The summed E-state index contributed by atoms with van der Waals surface area (Å²) in [6, 6.07) is 8.21. The molecule has 0 spiro atoms. The molecule has 3 heteroatoms. The SMILES string of the molecule is CCOc1cccc(CC2CN(C)CCC2O)c1. The van der Waals surface area contributed by atoms with E-state index in [0.29, 0.717) is 12.5 Å². The third-order valence-electron chi connectivity index (χ3n) is 3.60. The van der Waals surface area contributed by atoms with Crippen LogP contribution in [0.3, 0.4) is 0 Å². The minimum Gasteiger partial charge on any atom is -0.494 e. The summed E-state index contributed by atoms with van der Waals surface area (Å²) in [5, 5.41) is 10.1. The van der Waals surface area contributed by atoms with Gasteiger partial charge in [-0.25, -0.2) is 0 Å². The number of benzene rings is 1. The number of ether oxygens (including phenoxy) is 1. The van der Waals surface area contributed by atoms with Crippen LogP contribution in [0.5, 0.6) is 5.75 Å². The van der Waals surface area contributed by atoms with Crippen LogP contribution in [0.25, 0.3) is 0 Å². The second kappa shape index (κ2) is 6.21. The van der Waals surface area contributed by atoms with E-state index in [-0.39, 0.29) is 6.10 Å². The van der Waals surface area contributed by atoms with E-state index in [1.165, 1.54) is 5.56 Å². The van der Waals surface area contributed by atoms with Crippen LogP contribution >= 0.6 is 0 Å². The second-order valence-corrected chi connectivity index (χ2v) is 5.16. The molecule has 1 aromatic carbocycles. The number of piperidine rings is 1. The maximum atomic E-state index is 10.1. The smallest absolute Gasteiger partial charge is 0.119 e. The molecule has 0 aliphatic carbocycles. The molecule has 0 aromatic heterocycles. The van der Waals surface area contributed by atoms with Crippen molar-refractivity contribution in [3.8, 4) is 5.75 Å². The summed E-state index contributed by atoms with van der Waals surface area (Å²) in [7, 11) is 2.12. The monoisotopic (exact) mass is 249 g/mol. The number of aliphatic hydroxyl groups is 1. The quantitative estimate of drug-likeness (QED) is 0.885. The minimum atomic E-state index is -0.169. The Labute approximate surface area is 109 Å². The Morgan fingerprint density at radius 1 is 1.44 bits per heavy atom. The molecule has 1 fully saturated rings. The van der Waals surface area contributed by atoms with Crippen molar-refractivity contribution in [2.24, 2.45) is 5.92 Å². The molecule has 0 bridgehead atoms. The van der Waals surface area contributed by atoms with E-state index >= 15 is 0 Å². The highest BCUT2D eigenvalue weighted by atomic mass is 16.5. The first-order valence-corrected chi connectivity index (χ1v) is 6.77. The van der Waals surface area contributed by atoms with Gasteiger partial charge >= 0.3 is 0 Å². The van der Waals surface area contributed by atoms with Gasteiger partial charge in [0.1, 0.15) is 5.75 Å². The van der Waals surface area contributed by atoms with Crippen molar-refractivity contribution in [1.29, 1.82) is 0 Å². The van der Waals surface area contributed by atoms with Gasteiger partial charge in [0.2, 0.25) is 0 Å². The van der Waals surface area contributed by atoms with Crippen LogP contribution in [0.15, 0.2) is 24.3 Å². The van der Waals surface area contributed by atoms with E-state index in [4.69, 9.17) is 4.74 Å². The number of hydrogen-bond acceptors (Lipinski definition) is 3. The van der Waals surface area contributed by atoms with Gasteiger partial charge < -0.3 is 14.7 Å². The van der Waals surface area contributed by atoms with Crippen molar-refractivity contribution in [3.63, 3.8) is 0 Å². The lowest BCUT2D eigenvalue weighted by Crippen LogP contribution is -2.41. The Bertz CT molecular complexity index is 381. The van der Waals surface area contributed by atoms with Gasteiger partial charge in [0, 0.05) is 19.0 Å². The number of aliphatic hydroxyl groups excluding tert-OH is 1. The van der Waals surface area contributed by atoms with Gasteiger partial charge in [-0.1, -0.05) is 12.1 Å². The third-order valence-corrected chi connectivity index (χ3v) is 3.60. The molecule has 1 aliphatic heterocycles. The highest BCUT2D eigenvalue weighted by Gasteiger charge is 2.25. The van der Waals surface area contributed by atoms with Crippen LogP contribution in [0.1, 0.15) is 18.9 Å². The zero-order valence-corrected chi connectivity index (χ0v) is 11.3. The highest BCUT2D eigenvalue weighted by molar-refractivity contribution is 5.29. The summed E-state index contributed by atoms with van der Waals surface area (Å²) in [6.45, 7) is 4.65. The fourth-order valence-electron chi connectivity index (χ4n) is 2.63. The normalized spacial score (nSPS) is 25.1. The van der Waals surface area contributed by atoms with E-state index < -0.39 is 0 Å². The zero-order valence-electron chi connectivity index (χ0n) is 11.3. The van der Waals surface area contributed by atoms with Gasteiger partial charge in [-0.2, -0.15) is 0 Å². The van der Waals surface area contributed by atoms with Gasteiger partial charge in [0.05, 0.1) is 12.7 Å². The number of likely N-dealkylation sites (tertiary alicyclic amines) is 1. The van der Waals surface area contributed by atoms with Crippen LogP contribution in [0, 0.1) is 5.92 Å². The molecule has 18 heavy (non-hydrogen) atoms. The Kier molecular flexibility index (Phi) is 4.61. The van der Waals surface area contributed by atoms with Gasteiger partial charge in [-0.05, 0) is 44.5 Å². The first kappa shape index (κ1) is 13.4. The Morgan fingerprint density at radius 2 is 2.28 bits per heavy atom. The third kappa shape index (κ3) is 3.47. The number of rotatable bonds is 4. The number of hydrogen-bond donors (Lipinski definition) is 1. The minimum absolute atomic E-state index is 0.169. The van der Waals surface area contributed by atoms with Crippen molar-refractivity contribution in [1.82, 2.24) is 4.90 Å². The van der Waals surface area contributed by atoms with Crippen LogP contribution in [0.2, 0.25) is 0 Å². The Hall–Kier alpha value is -1.06. The van der Waals surface area contributed by atoms with Crippen LogP contribution in [0.4, 0.5) is 0 Å². The summed E-state index contributed by atoms with van der Waals surface area (Å²) in [6.07, 6.45) is 1.63. The molecule has 3 nitrogen and oxygen atoms in total. The summed E-state index contributed by atoms with van der Waals surface area (Å²) >= 11 is 0. The van der Waals surface area contributed by atoms with Crippen molar-refractivity contribution in [2.45, 2.75) is 25.9 Å². The molecule has 1 N–H and O–H groups in total. The van der Waals surface area contributed by atoms with Gasteiger partial charge in [-0.15, -0.1) is 0 Å². The predicted octanol–water partition coefficient (Wildman–Crippen LogP) is 1.94. The van der Waals surface area contributed by atoms with E-state index in [0.717, 1.165) is 31.7 Å². The maximum Gasteiger partial charge on any atom is 0.119 e. The van der Waals surface area contributed by atoms with Crippen LogP contribution in [-0.4, -0.2) is 42.9 Å².